The number of hydrogen-bond acceptors (Lipinski definition) is 3. The molecule has 0 aliphatic carbocycles. The van der Waals surface area contributed by atoms with Crippen LogP contribution in [0.25, 0.3) is 0 Å². The van der Waals surface area contributed by atoms with Crippen LogP contribution in [0.4, 0.5) is 0 Å². The first kappa shape index (κ1) is 12.2. The van der Waals surface area contributed by atoms with E-state index in [1.54, 1.807) is 6.39 Å². The lowest BCUT2D eigenvalue weighted by Crippen LogP contribution is -2.16. The Labute approximate surface area is 92.3 Å². The van der Waals surface area contributed by atoms with E-state index in [1.807, 2.05) is 0 Å². The second-order valence-electron chi connectivity index (χ2n) is 4.37. The topological polar surface area (TPSA) is 38.1 Å². The number of nitrogens with one attached hydrogen (secondary N) is 1. The van der Waals surface area contributed by atoms with Crippen molar-refractivity contribution in [3.8, 4) is 0 Å². The maximum absolute atomic E-state index is 5.47. The molecule has 0 aromatic carbocycles. The van der Waals surface area contributed by atoms with Crippen LogP contribution in [0.5, 0.6) is 0 Å². The molecule has 0 radical (unpaired) electrons. The summed E-state index contributed by atoms with van der Waals surface area (Å²) in [7, 11) is 0. The smallest absolute Gasteiger partial charge is 0.181 e. The Hall–Kier alpha value is -0.830. The highest BCUT2D eigenvalue weighted by atomic mass is 16.3. The van der Waals surface area contributed by atoms with E-state index in [1.165, 1.54) is 0 Å². The molecular formula is C12H22N2O. The lowest BCUT2D eigenvalue weighted by Gasteiger charge is -2.13. The molecule has 0 amide bonds. The summed E-state index contributed by atoms with van der Waals surface area (Å²) in [5, 5.41) is 3.35. The average Bonchev–Trinajstić information content (AvgIpc) is 2.65. The van der Waals surface area contributed by atoms with Gasteiger partial charge in [0.15, 0.2) is 6.39 Å². The van der Waals surface area contributed by atoms with Crippen molar-refractivity contribution in [3.63, 3.8) is 0 Å². The molecule has 1 heterocycles. The van der Waals surface area contributed by atoms with Crippen molar-refractivity contribution in [2.24, 2.45) is 5.92 Å². The highest BCUT2D eigenvalue weighted by Gasteiger charge is 2.18. The quantitative estimate of drug-likeness (QED) is 0.734. The molecule has 1 aromatic rings. The van der Waals surface area contributed by atoms with Crippen molar-refractivity contribution in [2.45, 2.75) is 46.6 Å². The van der Waals surface area contributed by atoms with Crippen LogP contribution in [0.3, 0.4) is 0 Å². The van der Waals surface area contributed by atoms with Gasteiger partial charge >= 0.3 is 0 Å². The number of nitrogens with zero attached hydrogens (tertiary/aromatic N) is 1. The van der Waals surface area contributed by atoms with Gasteiger partial charge in [-0.3, -0.25) is 0 Å². The van der Waals surface area contributed by atoms with Gasteiger partial charge in [0.25, 0.3) is 0 Å². The minimum Gasteiger partial charge on any atom is -0.448 e. The van der Waals surface area contributed by atoms with Gasteiger partial charge < -0.3 is 9.73 Å². The molecule has 0 fully saturated rings. The number of hydrogen-bond donors (Lipinski definition) is 1. The maximum atomic E-state index is 5.47. The second kappa shape index (κ2) is 5.91. The van der Waals surface area contributed by atoms with Crippen LogP contribution in [-0.4, -0.2) is 11.5 Å². The minimum atomic E-state index is 0.436. The third-order valence-corrected chi connectivity index (χ3v) is 2.81. The zero-order valence-electron chi connectivity index (χ0n) is 10.2. The zero-order valence-corrected chi connectivity index (χ0v) is 10.2. The molecule has 1 rings (SSSR count). The molecule has 1 N–H and O–H groups in total. The van der Waals surface area contributed by atoms with Crippen molar-refractivity contribution in [1.29, 1.82) is 0 Å². The fourth-order valence-electron chi connectivity index (χ4n) is 1.47. The molecule has 15 heavy (non-hydrogen) atoms. The number of oxazole rings is 1. The van der Waals surface area contributed by atoms with Crippen molar-refractivity contribution in [3.05, 3.63) is 17.8 Å². The van der Waals surface area contributed by atoms with Crippen LogP contribution in [-0.2, 0) is 6.54 Å². The van der Waals surface area contributed by atoms with Gasteiger partial charge in [0.05, 0.1) is 5.69 Å². The first-order chi connectivity index (χ1) is 7.16. The molecule has 0 saturated carbocycles. The van der Waals surface area contributed by atoms with Gasteiger partial charge in [0.2, 0.25) is 0 Å². The molecule has 0 saturated heterocycles. The molecule has 3 heteroatoms. The zero-order chi connectivity index (χ0) is 11.3. The molecular weight excluding hydrogens is 188 g/mol. The molecule has 1 atom stereocenters. The van der Waals surface area contributed by atoms with E-state index in [0.717, 1.165) is 31.0 Å². The SMILES string of the molecule is CCCNCc1ncoc1C(C)C(C)C. The summed E-state index contributed by atoms with van der Waals surface area (Å²) in [5.74, 6) is 2.06. The van der Waals surface area contributed by atoms with E-state index in [4.69, 9.17) is 4.42 Å². The van der Waals surface area contributed by atoms with Crippen LogP contribution in [0.1, 0.15) is 51.5 Å². The Morgan fingerprint density at radius 2 is 2.13 bits per heavy atom. The van der Waals surface area contributed by atoms with E-state index in [0.29, 0.717) is 11.8 Å². The van der Waals surface area contributed by atoms with E-state index < -0.39 is 0 Å². The predicted molar refractivity (Wildman–Crippen MR) is 61.8 cm³/mol. The van der Waals surface area contributed by atoms with Crippen LogP contribution >= 0.6 is 0 Å². The normalized spacial score (nSPS) is 13.4. The first-order valence-corrected chi connectivity index (χ1v) is 5.79. The fourth-order valence-corrected chi connectivity index (χ4v) is 1.47. The van der Waals surface area contributed by atoms with Gasteiger partial charge in [0, 0.05) is 12.5 Å². The highest BCUT2D eigenvalue weighted by Crippen LogP contribution is 2.25. The van der Waals surface area contributed by atoms with E-state index in [9.17, 15) is 0 Å². The Balaban J connectivity index is 2.60. The molecule has 0 aliphatic rings. The summed E-state index contributed by atoms with van der Waals surface area (Å²) in [6, 6.07) is 0. The third kappa shape index (κ3) is 3.34. The van der Waals surface area contributed by atoms with Crippen molar-refractivity contribution in [1.82, 2.24) is 10.3 Å². The Bertz CT molecular complexity index is 281. The Kier molecular flexibility index (Phi) is 4.82. The standard InChI is InChI=1S/C12H22N2O/c1-5-6-13-7-11-12(15-8-14-11)10(4)9(2)3/h8-10,13H,5-7H2,1-4H3. The fraction of sp³-hybridized carbons (Fsp3) is 0.750. The summed E-state index contributed by atoms with van der Waals surface area (Å²) in [5.41, 5.74) is 1.06. The predicted octanol–water partition coefficient (Wildman–Crippen LogP) is 2.93. The first-order valence-electron chi connectivity index (χ1n) is 5.79. The van der Waals surface area contributed by atoms with Crippen LogP contribution in [0, 0.1) is 5.92 Å². The van der Waals surface area contributed by atoms with Gasteiger partial charge in [-0.1, -0.05) is 27.7 Å². The molecule has 0 spiro atoms. The Morgan fingerprint density at radius 1 is 1.40 bits per heavy atom. The average molecular weight is 210 g/mol. The van der Waals surface area contributed by atoms with Gasteiger partial charge in [0.1, 0.15) is 5.76 Å². The Morgan fingerprint density at radius 3 is 2.73 bits per heavy atom. The molecule has 86 valence electrons. The van der Waals surface area contributed by atoms with E-state index in [2.05, 4.69) is 38.0 Å². The van der Waals surface area contributed by atoms with E-state index >= 15 is 0 Å². The number of aromatic nitrogens is 1. The van der Waals surface area contributed by atoms with Gasteiger partial charge in [-0.15, -0.1) is 0 Å². The highest BCUT2D eigenvalue weighted by molar-refractivity contribution is 5.12. The van der Waals surface area contributed by atoms with Crippen LogP contribution < -0.4 is 5.32 Å². The molecule has 0 bridgehead atoms. The summed E-state index contributed by atoms with van der Waals surface area (Å²) in [6.07, 6.45) is 2.70. The maximum Gasteiger partial charge on any atom is 0.181 e. The van der Waals surface area contributed by atoms with Crippen molar-refractivity contribution >= 4 is 0 Å². The van der Waals surface area contributed by atoms with E-state index in [-0.39, 0.29) is 0 Å². The molecule has 1 aromatic heterocycles. The van der Waals surface area contributed by atoms with Crippen molar-refractivity contribution < 1.29 is 4.42 Å². The summed E-state index contributed by atoms with van der Waals surface area (Å²) < 4.78 is 5.47. The van der Waals surface area contributed by atoms with Gasteiger partial charge in [-0.25, -0.2) is 4.98 Å². The largest absolute Gasteiger partial charge is 0.448 e. The number of rotatable bonds is 6. The van der Waals surface area contributed by atoms with Gasteiger partial charge in [-0.05, 0) is 18.9 Å². The monoisotopic (exact) mass is 210 g/mol. The summed E-state index contributed by atoms with van der Waals surface area (Å²) in [4.78, 5) is 4.26. The lowest BCUT2D eigenvalue weighted by molar-refractivity contribution is 0.408. The van der Waals surface area contributed by atoms with Gasteiger partial charge in [-0.2, -0.15) is 0 Å². The molecule has 0 aliphatic heterocycles. The summed E-state index contributed by atoms with van der Waals surface area (Å²) in [6.45, 7) is 10.6. The summed E-state index contributed by atoms with van der Waals surface area (Å²) >= 11 is 0. The lowest BCUT2D eigenvalue weighted by atomic mass is 9.94. The van der Waals surface area contributed by atoms with Crippen LogP contribution in [0.15, 0.2) is 10.8 Å². The van der Waals surface area contributed by atoms with Crippen LogP contribution in [0.2, 0.25) is 0 Å². The molecule has 1 unspecified atom stereocenters. The third-order valence-electron chi connectivity index (χ3n) is 2.81. The minimum absolute atomic E-state index is 0.436. The molecule has 3 nitrogen and oxygen atoms in total. The van der Waals surface area contributed by atoms with Crippen molar-refractivity contribution in [2.75, 3.05) is 6.54 Å². The second-order valence-corrected chi connectivity index (χ2v) is 4.37.